The van der Waals surface area contributed by atoms with E-state index in [9.17, 15) is 9.18 Å². The minimum Gasteiger partial charge on any atom is -0.491 e. The number of hydrogen-bond donors (Lipinski definition) is 1. The topological polar surface area (TPSA) is 130 Å². The lowest BCUT2D eigenvalue weighted by molar-refractivity contribution is 0.0723. The lowest BCUT2D eigenvalue weighted by atomic mass is 10.0. The molecule has 2 aliphatic rings. The number of aromatic nitrogens is 6. The number of halogens is 1. The molecular formula is C30H33FN8O3. The number of aryl methyl sites for hydroxylation is 2. The number of pyridine rings is 1. The summed E-state index contributed by atoms with van der Waals surface area (Å²) in [6, 6.07) is 9.35. The molecule has 0 radical (unpaired) electrons. The van der Waals surface area contributed by atoms with Gasteiger partial charge in [0.1, 0.15) is 17.9 Å². The number of amides is 1. The van der Waals surface area contributed by atoms with Crippen LogP contribution in [-0.4, -0.2) is 72.5 Å². The third-order valence-electron chi connectivity index (χ3n) is 8.10. The van der Waals surface area contributed by atoms with Gasteiger partial charge in [-0.25, -0.2) is 14.4 Å². The molecule has 4 aromatic heterocycles. The minimum absolute atomic E-state index is 0.179. The fourth-order valence-electron chi connectivity index (χ4n) is 5.80. The second-order valence-electron chi connectivity index (χ2n) is 11.3. The molecule has 12 heteroatoms. The number of carbonyl (C=O) groups excluding carboxylic acids is 1. The number of hydrogen-bond acceptors (Lipinski definition) is 8. The van der Waals surface area contributed by atoms with Gasteiger partial charge in [-0.1, -0.05) is 12.1 Å². The summed E-state index contributed by atoms with van der Waals surface area (Å²) in [4.78, 5) is 24.7. The molecule has 11 nitrogen and oxygen atoms in total. The number of carbonyl (C=O) groups is 1. The second-order valence-corrected chi connectivity index (χ2v) is 11.3. The maximum atomic E-state index is 13.2. The average molecular weight is 573 g/mol. The van der Waals surface area contributed by atoms with E-state index in [2.05, 4.69) is 26.9 Å². The average Bonchev–Trinajstić information content (AvgIpc) is 3.47. The SMILES string of the molecule is Cc1nnc(CCOc2cccc3cc(-c4nc5cc6c(nc5n4C)CCN(C[C@H](N)CF)C6=O)n(CC4CC4)c23)o1. The van der Waals surface area contributed by atoms with E-state index in [0.717, 1.165) is 46.1 Å². The molecule has 1 amide bonds. The number of fused-ring (bicyclic) bond motifs is 3. The van der Waals surface area contributed by atoms with Crippen molar-refractivity contribution in [2.75, 3.05) is 26.4 Å². The molecule has 0 spiro atoms. The minimum atomic E-state index is -0.695. The quantitative estimate of drug-likeness (QED) is 0.269. The van der Waals surface area contributed by atoms with Gasteiger partial charge in [-0.15, -0.1) is 10.2 Å². The third-order valence-corrected chi connectivity index (χ3v) is 8.10. The third kappa shape index (κ3) is 4.79. The van der Waals surface area contributed by atoms with E-state index in [-0.39, 0.29) is 12.5 Å². The van der Waals surface area contributed by atoms with Crippen molar-refractivity contribution in [1.82, 2.24) is 34.2 Å². The Morgan fingerprint density at radius 1 is 1.21 bits per heavy atom. The Bertz CT molecular complexity index is 1800. The van der Waals surface area contributed by atoms with Crippen LogP contribution in [0.3, 0.4) is 0 Å². The Morgan fingerprint density at radius 2 is 2.07 bits per heavy atom. The van der Waals surface area contributed by atoms with E-state index < -0.39 is 12.7 Å². The van der Waals surface area contributed by atoms with Gasteiger partial charge >= 0.3 is 0 Å². The molecule has 1 fully saturated rings. The lowest BCUT2D eigenvalue weighted by Gasteiger charge is -2.29. The Kier molecular flexibility index (Phi) is 6.64. The number of rotatable bonds is 10. The molecule has 218 valence electrons. The highest BCUT2D eigenvalue weighted by Crippen LogP contribution is 2.39. The Hall–Kier alpha value is -4.32. The van der Waals surface area contributed by atoms with Gasteiger partial charge in [-0.05, 0) is 37.0 Å². The Labute approximate surface area is 241 Å². The van der Waals surface area contributed by atoms with Gasteiger partial charge in [0.15, 0.2) is 11.5 Å². The largest absolute Gasteiger partial charge is 0.491 e. The van der Waals surface area contributed by atoms with E-state index in [1.807, 2.05) is 29.8 Å². The normalized spacial score (nSPS) is 16.0. The van der Waals surface area contributed by atoms with E-state index in [0.29, 0.717) is 54.8 Å². The lowest BCUT2D eigenvalue weighted by Crippen LogP contribution is -2.45. The van der Waals surface area contributed by atoms with Crippen molar-refractivity contribution >= 4 is 28.0 Å². The molecule has 42 heavy (non-hydrogen) atoms. The van der Waals surface area contributed by atoms with E-state index in [1.54, 1.807) is 11.8 Å². The van der Waals surface area contributed by atoms with Crippen molar-refractivity contribution < 1.29 is 18.3 Å². The van der Waals surface area contributed by atoms with Gasteiger partial charge < -0.3 is 28.9 Å². The zero-order valence-corrected chi connectivity index (χ0v) is 23.7. The molecule has 1 aliphatic heterocycles. The van der Waals surface area contributed by atoms with Crippen molar-refractivity contribution in [3.63, 3.8) is 0 Å². The molecule has 0 bridgehead atoms. The van der Waals surface area contributed by atoms with Crippen LogP contribution in [0.1, 0.15) is 40.7 Å². The maximum Gasteiger partial charge on any atom is 0.255 e. The van der Waals surface area contributed by atoms with Gasteiger partial charge in [0, 0.05) is 45.4 Å². The highest BCUT2D eigenvalue weighted by atomic mass is 19.1. The predicted molar refractivity (Wildman–Crippen MR) is 154 cm³/mol. The van der Waals surface area contributed by atoms with Gasteiger partial charge in [0.05, 0.1) is 41.5 Å². The van der Waals surface area contributed by atoms with Crippen molar-refractivity contribution in [2.24, 2.45) is 18.7 Å². The van der Waals surface area contributed by atoms with Crippen molar-refractivity contribution in [3.8, 4) is 17.3 Å². The van der Waals surface area contributed by atoms with Gasteiger partial charge in [0.2, 0.25) is 11.8 Å². The van der Waals surface area contributed by atoms with Crippen LogP contribution in [0.5, 0.6) is 5.75 Å². The van der Waals surface area contributed by atoms with Crippen LogP contribution in [-0.2, 0) is 26.4 Å². The highest BCUT2D eigenvalue weighted by molar-refractivity contribution is 5.99. The summed E-state index contributed by atoms with van der Waals surface area (Å²) in [6.07, 6.45) is 3.49. The van der Waals surface area contributed by atoms with E-state index in [4.69, 9.17) is 24.9 Å². The Balaban J connectivity index is 1.26. The molecule has 1 aromatic carbocycles. The van der Waals surface area contributed by atoms with Crippen LogP contribution < -0.4 is 10.5 Å². The van der Waals surface area contributed by atoms with Gasteiger partial charge in [0.25, 0.3) is 5.91 Å². The fraction of sp³-hybridized carbons (Fsp3) is 0.433. The summed E-state index contributed by atoms with van der Waals surface area (Å²) in [5.74, 6) is 3.08. The molecule has 2 N–H and O–H groups in total. The summed E-state index contributed by atoms with van der Waals surface area (Å²) < 4.78 is 29.1. The second kappa shape index (κ2) is 10.5. The monoisotopic (exact) mass is 572 g/mol. The first-order valence-corrected chi connectivity index (χ1v) is 14.4. The molecule has 1 atom stereocenters. The van der Waals surface area contributed by atoms with Crippen LogP contribution in [0, 0.1) is 12.8 Å². The molecule has 7 rings (SSSR count). The van der Waals surface area contributed by atoms with Crippen LogP contribution in [0.25, 0.3) is 33.6 Å². The van der Waals surface area contributed by atoms with E-state index >= 15 is 0 Å². The molecule has 0 saturated heterocycles. The molecule has 5 heterocycles. The van der Waals surface area contributed by atoms with Crippen LogP contribution >= 0.6 is 0 Å². The van der Waals surface area contributed by atoms with Crippen molar-refractivity contribution in [2.45, 2.75) is 45.2 Å². The summed E-state index contributed by atoms with van der Waals surface area (Å²) in [6.45, 7) is 3.02. The Morgan fingerprint density at radius 3 is 2.83 bits per heavy atom. The number of nitrogens with two attached hydrogens (primary N) is 1. The number of imidazole rings is 1. The van der Waals surface area contributed by atoms with E-state index in [1.165, 1.54) is 12.8 Å². The standard InChI is InChI=1S/C30H33FN8O3/c1-17-35-36-26(42-17)9-11-41-25-5-3-4-19-12-24(39(27(19)25)15-18-6-7-18)29-34-23-13-21-22(33-28(23)37(29)2)8-10-38(30(21)40)16-20(32)14-31/h3-5,12-13,18,20H,6-11,14-16,32H2,1-2H3/t20-/m1/s1. The summed E-state index contributed by atoms with van der Waals surface area (Å²) in [5.41, 5.74) is 10.4. The first-order chi connectivity index (χ1) is 20.4. The molecule has 1 saturated carbocycles. The van der Waals surface area contributed by atoms with Gasteiger partial charge in [-0.2, -0.15) is 0 Å². The molecule has 0 unspecified atom stereocenters. The summed E-state index contributed by atoms with van der Waals surface area (Å²) >= 11 is 0. The predicted octanol–water partition coefficient (Wildman–Crippen LogP) is 3.61. The first-order valence-electron chi connectivity index (χ1n) is 14.4. The molecule has 5 aromatic rings. The highest BCUT2D eigenvalue weighted by Gasteiger charge is 2.30. The summed E-state index contributed by atoms with van der Waals surface area (Å²) in [5, 5.41) is 9.03. The zero-order valence-electron chi connectivity index (χ0n) is 23.7. The molecule has 1 aliphatic carbocycles. The zero-order chi connectivity index (χ0) is 29.0. The number of ether oxygens (including phenoxy) is 1. The number of para-hydroxylation sites is 1. The number of benzene rings is 1. The number of nitrogens with zero attached hydrogens (tertiary/aromatic N) is 7. The van der Waals surface area contributed by atoms with Crippen LogP contribution in [0.4, 0.5) is 4.39 Å². The van der Waals surface area contributed by atoms with Crippen LogP contribution in [0.2, 0.25) is 0 Å². The van der Waals surface area contributed by atoms with Crippen molar-refractivity contribution in [3.05, 3.63) is 53.4 Å². The smallest absolute Gasteiger partial charge is 0.255 e. The van der Waals surface area contributed by atoms with Crippen molar-refractivity contribution in [1.29, 1.82) is 0 Å². The molecular weight excluding hydrogens is 539 g/mol. The first kappa shape index (κ1) is 26.6. The fourth-order valence-corrected chi connectivity index (χ4v) is 5.80. The maximum absolute atomic E-state index is 13.2. The van der Waals surface area contributed by atoms with Crippen LogP contribution in [0.15, 0.2) is 34.7 Å². The number of alkyl halides is 1. The van der Waals surface area contributed by atoms with Gasteiger partial charge in [-0.3, -0.25) is 4.79 Å². The summed E-state index contributed by atoms with van der Waals surface area (Å²) in [7, 11) is 1.96.